The van der Waals surface area contributed by atoms with Crippen LogP contribution in [0, 0.1) is 21.4 Å². The SMILES string of the molecule is N#Cc1cc([N+](=O)[O-])ccc1Nc1cccnc1. The standard InChI is InChI=1S/C12H8N4O2/c13-7-9-6-11(16(17)18)3-4-12(9)15-10-2-1-5-14-8-10/h1-6,8,15H. The number of nitrogens with zero attached hydrogens (tertiary/aromatic N) is 3. The molecule has 1 heterocycles. The minimum Gasteiger partial charge on any atom is -0.353 e. The summed E-state index contributed by atoms with van der Waals surface area (Å²) in [7, 11) is 0. The van der Waals surface area contributed by atoms with Crippen molar-refractivity contribution in [1.29, 1.82) is 5.26 Å². The van der Waals surface area contributed by atoms with E-state index in [9.17, 15) is 10.1 Å². The number of nitro benzene ring substituents is 1. The molecule has 0 atom stereocenters. The Kier molecular flexibility index (Phi) is 3.16. The number of nitro groups is 1. The van der Waals surface area contributed by atoms with E-state index in [1.165, 1.54) is 18.2 Å². The second-order valence-corrected chi connectivity index (χ2v) is 3.47. The zero-order chi connectivity index (χ0) is 13.0. The van der Waals surface area contributed by atoms with Gasteiger partial charge in [0.25, 0.3) is 5.69 Å². The van der Waals surface area contributed by atoms with E-state index in [-0.39, 0.29) is 11.3 Å². The van der Waals surface area contributed by atoms with Gasteiger partial charge in [-0.25, -0.2) is 0 Å². The van der Waals surface area contributed by atoms with E-state index in [0.29, 0.717) is 11.4 Å². The molecule has 6 heteroatoms. The molecule has 0 aliphatic heterocycles. The van der Waals surface area contributed by atoms with E-state index in [2.05, 4.69) is 10.3 Å². The first kappa shape index (κ1) is 11.5. The van der Waals surface area contributed by atoms with Gasteiger partial charge in [0.2, 0.25) is 0 Å². The van der Waals surface area contributed by atoms with Gasteiger partial charge in [0.05, 0.1) is 28.1 Å². The van der Waals surface area contributed by atoms with Crippen molar-refractivity contribution in [3.63, 3.8) is 0 Å². The van der Waals surface area contributed by atoms with Crippen LogP contribution in [-0.4, -0.2) is 9.91 Å². The van der Waals surface area contributed by atoms with Gasteiger partial charge in [-0.15, -0.1) is 0 Å². The summed E-state index contributed by atoms with van der Waals surface area (Å²) in [6.07, 6.45) is 3.23. The van der Waals surface area contributed by atoms with Crippen LogP contribution in [0.3, 0.4) is 0 Å². The largest absolute Gasteiger partial charge is 0.353 e. The monoisotopic (exact) mass is 240 g/mol. The average molecular weight is 240 g/mol. The summed E-state index contributed by atoms with van der Waals surface area (Å²) >= 11 is 0. The van der Waals surface area contributed by atoms with Crippen LogP contribution in [-0.2, 0) is 0 Å². The van der Waals surface area contributed by atoms with Gasteiger partial charge in [-0.05, 0) is 18.2 Å². The van der Waals surface area contributed by atoms with E-state index in [0.717, 1.165) is 0 Å². The molecule has 0 unspecified atom stereocenters. The first-order valence-corrected chi connectivity index (χ1v) is 5.06. The molecule has 0 saturated carbocycles. The van der Waals surface area contributed by atoms with Crippen LogP contribution >= 0.6 is 0 Å². The molecule has 1 aromatic heterocycles. The van der Waals surface area contributed by atoms with Crippen molar-refractivity contribution in [1.82, 2.24) is 4.98 Å². The number of nitrogens with one attached hydrogen (secondary N) is 1. The summed E-state index contributed by atoms with van der Waals surface area (Å²) in [5.41, 5.74) is 1.33. The van der Waals surface area contributed by atoms with Crippen LogP contribution in [0.2, 0.25) is 0 Å². The van der Waals surface area contributed by atoms with Crippen LogP contribution in [0.15, 0.2) is 42.7 Å². The van der Waals surface area contributed by atoms with Crippen LogP contribution in [0.5, 0.6) is 0 Å². The van der Waals surface area contributed by atoms with Crippen molar-refractivity contribution in [2.24, 2.45) is 0 Å². The molecular formula is C12H8N4O2. The number of hydrogen-bond acceptors (Lipinski definition) is 5. The maximum Gasteiger partial charge on any atom is 0.270 e. The summed E-state index contributed by atoms with van der Waals surface area (Å²) in [6.45, 7) is 0. The minimum absolute atomic E-state index is 0.108. The second-order valence-electron chi connectivity index (χ2n) is 3.47. The molecule has 0 aliphatic rings. The van der Waals surface area contributed by atoms with Crippen molar-refractivity contribution in [3.05, 3.63) is 58.4 Å². The third-order valence-corrected chi connectivity index (χ3v) is 2.27. The highest BCUT2D eigenvalue weighted by Crippen LogP contribution is 2.24. The first-order valence-electron chi connectivity index (χ1n) is 5.06. The zero-order valence-electron chi connectivity index (χ0n) is 9.20. The maximum absolute atomic E-state index is 10.6. The number of non-ortho nitro benzene ring substituents is 1. The Hall–Kier alpha value is -2.94. The van der Waals surface area contributed by atoms with Crippen LogP contribution in [0.25, 0.3) is 0 Å². The highest BCUT2D eigenvalue weighted by Gasteiger charge is 2.10. The lowest BCUT2D eigenvalue weighted by Gasteiger charge is -2.07. The number of benzene rings is 1. The Morgan fingerprint density at radius 3 is 2.83 bits per heavy atom. The Labute approximate surface area is 103 Å². The van der Waals surface area contributed by atoms with Crippen LogP contribution in [0.1, 0.15) is 5.56 Å². The molecule has 1 N–H and O–H groups in total. The summed E-state index contributed by atoms with van der Waals surface area (Å²) in [5, 5.41) is 22.6. The molecule has 2 rings (SSSR count). The zero-order valence-corrected chi connectivity index (χ0v) is 9.20. The lowest BCUT2D eigenvalue weighted by Crippen LogP contribution is -1.96. The molecule has 88 valence electrons. The van der Waals surface area contributed by atoms with Crippen molar-refractivity contribution < 1.29 is 4.92 Å². The van der Waals surface area contributed by atoms with Gasteiger partial charge < -0.3 is 5.32 Å². The van der Waals surface area contributed by atoms with Gasteiger partial charge in [0, 0.05) is 18.3 Å². The highest BCUT2D eigenvalue weighted by molar-refractivity contribution is 5.67. The summed E-state index contributed by atoms with van der Waals surface area (Å²) in [5.74, 6) is 0. The molecule has 0 amide bonds. The smallest absolute Gasteiger partial charge is 0.270 e. The molecule has 0 spiro atoms. The number of aromatic nitrogens is 1. The first-order chi connectivity index (χ1) is 8.70. The van der Waals surface area contributed by atoms with Gasteiger partial charge in [-0.3, -0.25) is 15.1 Å². The lowest BCUT2D eigenvalue weighted by molar-refractivity contribution is -0.384. The number of nitriles is 1. The normalized spacial score (nSPS) is 9.50. The molecule has 1 aromatic carbocycles. The number of hydrogen-bond donors (Lipinski definition) is 1. The van der Waals surface area contributed by atoms with E-state index in [1.54, 1.807) is 24.5 Å². The van der Waals surface area contributed by atoms with Crippen molar-refractivity contribution in [2.45, 2.75) is 0 Å². The van der Waals surface area contributed by atoms with E-state index in [4.69, 9.17) is 5.26 Å². The van der Waals surface area contributed by atoms with Crippen molar-refractivity contribution in [3.8, 4) is 6.07 Å². The molecule has 0 aliphatic carbocycles. The van der Waals surface area contributed by atoms with E-state index < -0.39 is 4.92 Å². The third kappa shape index (κ3) is 2.41. The molecule has 0 fully saturated rings. The molecular weight excluding hydrogens is 232 g/mol. The molecule has 2 aromatic rings. The van der Waals surface area contributed by atoms with Gasteiger partial charge >= 0.3 is 0 Å². The van der Waals surface area contributed by atoms with Gasteiger partial charge in [-0.2, -0.15) is 5.26 Å². The fourth-order valence-electron chi connectivity index (χ4n) is 1.44. The van der Waals surface area contributed by atoms with Gasteiger partial charge in [-0.1, -0.05) is 0 Å². The molecule has 6 nitrogen and oxygen atoms in total. The highest BCUT2D eigenvalue weighted by atomic mass is 16.6. The fraction of sp³-hybridized carbons (Fsp3) is 0. The topological polar surface area (TPSA) is 91.8 Å². The quantitative estimate of drug-likeness (QED) is 0.657. The summed E-state index contributed by atoms with van der Waals surface area (Å²) in [6, 6.07) is 9.55. The predicted molar refractivity (Wildman–Crippen MR) is 65.3 cm³/mol. The summed E-state index contributed by atoms with van der Waals surface area (Å²) < 4.78 is 0. The number of pyridine rings is 1. The Morgan fingerprint density at radius 2 is 2.22 bits per heavy atom. The minimum atomic E-state index is -0.533. The molecule has 0 radical (unpaired) electrons. The Bertz CT molecular complexity index is 620. The van der Waals surface area contributed by atoms with Crippen molar-refractivity contribution in [2.75, 3.05) is 5.32 Å². The lowest BCUT2D eigenvalue weighted by atomic mass is 10.1. The van der Waals surface area contributed by atoms with E-state index >= 15 is 0 Å². The maximum atomic E-state index is 10.6. The van der Waals surface area contributed by atoms with Crippen LogP contribution < -0.4 is 5.32 Å². The molecule has 18 heavy (non-hydrogen) atoms. The second kappa shape index (κ2) is 4.93. The third-order valence-electron chi connectivity index (χ3n) is 2.27. The van der Waals surface area contributed by atoms with E-state index in [1.807, 2.05) is 6.07 Å². The predicted octanol–water partition coefficient (Wildman–Crippen LogP) is 2.61. The van der Waals surface area contributed by atoms with Gasteiger partial charge in [0.15, 0.2) is 0 Å². The average Bonchev–Trinajstić information content (AvgIpc) is 2.40. The van der Waals surface area contributed by atoms with Crippen molar-refractivity contribution >= 4 is 17.1 Å². The molecule has 0 bridgehead atoms. The molecule has 0 saturated heterocycles. The van der Waals surface area contributed by atoms with Crippen LogP contribution in [0.4, 0.5) is 17.1 Å². The van der Waals surface area contributed by atoms with Gasteiger partial charge in [0.1, 0.15) is 6.07 Å². The fourth-order valence-corrected chi connectivity index (χ4v) is 1.44. The Morgan fingerprint density at radius 1 is 1.39 bits per heavy atom. The number of rotatable bonds is 3. The summed E-state index contributed by atoms with van der Waals surface area (Å²) in [4.78, 5) is 14.0. The Balaban J connectivity index is 2.35. The number of anilines is 2.